The number of carbonyl (C=O) groups is 2. The van der Waals surface area contributed by atoms with E-state index in [-0.39, 0.29) is 18.4 Å². The highest BCUT2D eigenvalue weighted by molar-refractivity contribution is 9.10. The van der Waals surface area contributed by atoms with Crippen LogP contribution in [-0.4, -0.2) is 49.6 Å². The first-order chi connectivity index (χ1) is 10.5. The summed E-state index contributed by atoms with van der Waals surface area (Å²) in [4.78, 5) is 29.7. The second-order valence-electron chi connectivity index (χ2n) is 5.68. The molecule has 116 valence electrons. The van der Waals surface area contributed by atoms with Gasteiger partial charge in [-0.05, 0) is 28.3 Å². The van der Waals surface area contributed by atoms with Crippen molar-refractivity contribution in [3.63, 3.8) is 0 Å². The Hall–Kier alpha value is -1.96. The second kappa shape index (κ2) is 5.68. The number of hydrogen-bond acceptors (Lipinski definition) is 4. The van der Waals surface area contributed by atoms with Crippen LogP contribution in [0.2, 0.25) is 0 Å². The molecule has 0 saturated carbocycles. The normalized spacial score (nSPS) is 22.0. The van der Waals surface area contributed by atoms with Crippen LogP contribution in [0, 0.1) is 11.8 Å². The summed E-state index contributed by atoms with van der Waals surface area (Å²) >= 11 is 3.30. The van der Waals surface area contributed by atoms with Gasteiger partial charge in [-0.2, -0.15) is 5.10 Å². The van der Waals surface area contributed by atoms with Crippen LogP contribution >= 0.6 is 15.9 Å². The van der Waals surface area contributed by atoms with Crippen LogP contribution in [0.15, 0.2) is 23.1 Å². The van der Waals surface area contributed by atoms with Gasteiger partial charge in [-0.25, -0.2) is 9.50 Å². The predicted molar refractivity (Wildman–Crippen MR) is 81.5 cm³/mol. The fourth-order valence-corrected chi connectivity index (χ4v) is 3.17. The van der Waals surface area contributed by atoms with Gasteiger partial charge in [0.15, 0.2) is 5.65 Å². The van der Waals surface area contributed by atoms with Crippen molar-refractivity contribution in [3.8, 4) is 0 Å². The van der Waals surface area contributed by atoms with E-state index in [2.05, 4.69) is 26.0 Å². The molecular weight excluding hydrogens is 352 g/mol. The number of piperidine rings is 1. The number of nitrogens with zero attached hydrogens (tertiary/aromatic N) is 4. The van der Waals surface area contributed by atoms with Gasteiger partial charge in [0.25, 0.3) is 5.91 Å². The number of rotatable bonds is 2. The Morgan fingerprint density at radius 1 is 1.36 bits per heavy atom. The van der Waals surface area contributed by atoms with Crippen molar-refractivity contribution in [2.45, 2.75) is 13.3 Å². The minimum absolute atomic E-state index is 0.155. The largest absolute Gasteiger partial charge is 0.481 e. The molecule has 1 fully saturated rings. The van der Waals surface area contributed by atoms with E-state index >= 15 is 0 Å². The Bertz CT molecular complexity index is 745. The maximum atomic E-state index is 12.7. The fraction of sp³-hybridized carbons (Fsp3) is 0.429. The zero-order valence-corrected chi connectivity index (χ0v) is 13.5. The van der Waals surface area contributed by atoms with Gasteiger partial charge in [-0.1, -0.05) is 6.92 Å². The van der Waals surface area contributed by atoms with Crippen molar-refractivity contribution in [1.82, 2.24) is 19.5 Å². The average molecular weight is 367 g/mol. The van der Waals surface area contributed by atoms with E-state index in [9.17, 15) is 14.7 Å². The van der Waals surface area contributed by atoms with E-state index in [0.29, 0.717) is 24.2 Å². The zero-order valence-electron chi connectivity index (χ0n) is 11.9. The maximum absolute atomic E-state index is 12.7. The first-order valence-electron chi connectivity index (χ1n) is 6.96. The molecule has 0 aliphatic carbocycles. The molecule has 2 aromatic rings. The van der Waals surface area contributed by atoms with Crippen LogP contribution in [0.5, 0.6) is 0 Å². The summed E-state index contributed by atoms with van der Waals surface area (Å²) in [7, 11) is 0. The molecule has 3 heterocycles. The second-order valence-corrected chi connectivity index (χ2v) is 6.60. The minimum atomic E-state index is -0.855. The Morgan fingerprint density at radius 2 is 2.14 bits per heavy atom. The SMILES string of the molecule is CC1CC(C(=O)O)CN(C(=O)c2cnn3cc(Br)cnc23)C1. The number of aliphatic carboxylic acids is 1. The van der Waals surface area contributed by atoms with E-state index in [1.165, 1.54) is 10.7 Å². The molecule has 0 aromatic carbocycles. The zero-order chi connectivity index (χ0) is 15.9. The topological polar surface area (TPSA) is 87.8 Å². The first kappa shape index (κ1) is 15.0. The summed E-state index contributed by atoms with van der Waals surface area (Å²) < 4.78 is 2.29. The van der Waals surface area contributed by atoms with E-state index in [4.69, 9.17) is 0 Å². The van der Waals surface area contributed by atoms with Crippen molar-refractivity contribution in [1.29, 1.82) is 0 Å². The maximum Gasteiger partial charge on any atom is 0.308 e. The number of fused-ring (bicyclic) bond motifs is 1. The van der Waals surface area contributed by atoms with Crippen molar-refractivity contribution in [2.75, 3.05) is 13.1 Å². The van der Waals surface area contributed by atoms with Gasteiger partial charge in [0.05, 0.1) is 16.6 Å². The monoisotopic (exact) mass is 366 g/mol. The third kappa shape index (κ3) is 2.70. The number of halogens is 1. The van der Waals surface area contributed by atoms with Gasteiger partial charge in [0.1, 0.15) is 5.56 Å². The molecule has 22 heavy (non-hydrogen) atoms. The third-order valence-corrected chi connectivity index (χ3v) is 4.26. The van der Waals surface area contributed by atoms with Gasteiger partial charge in [-0.15, -0.1) is 0 Å². The van der Waals surface area contributed by atoms with Gasteiger partial charge >= 0.3 is 5.97 Å². The molecule has 2 unspecified atom stereocenters. The summed E-state index contributed by atoms with van der Waals surface area (Å²) in [5.41, 5.74) is 0.865. The summed E-state index contributed by atoms with van der Waals surface area (Å²) in [6.07, 6.45) is 5.40. The van der Waals surface area contributed by atoms with Gasteiger partial charge in [0, 0.05) is 25.5 Å². The molecular formula is C14H15BrN4O3. The first-order valence-corrected chi connectivity index (χ1v) is 7.76. The number of amides is 1. The van der Waals surface area contributed by atoms with Crippen molar-refractivity contribution in [3.05, 3.63) is 28.6 Å². The smallest absolute Gasteiger partial charge is 0.308 e. The van der Waals surface area contributed by atoms with Crippen LogP contribution in [0.1, 0.15) is 23.7 Å². The molecule has 1 aliphatic heterocycles. The lowest BCUT2D eigenvalue weighted by Gasteiger charge is -2.34. The highest BCUT2D eigenvalue weighted by Crippen LogP contribution is 2.24. The summed E-state index contributed by atoms with van der Waals surface area (Å²) in [5, 5.41) is 13.3. The molecule has 7 nitrogen and oxygen atoms in total. The molecule has 0 radical (unpaired) electrons. The van der Waals surface area contributed by atoms with Crippen LogP contribution in [0.3, 0.4) is 0 Å². The summed E-state index contributed by atoms with van der Waals surface area (Å²) in [6.45, 7) is 2.74. The standard InChI is InChI=1S/C14H15BrN4O3/c1-8-2-9(14(21)22)6-18(5-8)13(20)11-4-17-19-7-10(15)3-16-12(11)19/h3-4,7-9H,2,5-6H2,1H3,(H,21,22). The Labute approximate surface area is 135 Å². The Kier molecular flexibility index (Phi) is 3.86. The van der Waals surface area contributed by atoms with Crippen molar-refractivity contribution < 1.29 is 14.7 Å². The lowest BCUT2D eigenvalue weighted by atomic mass is 9.90. The van der Waals surface area contributed by atoms with Crippen LogP contribution in [0.25, 0.3) is 5.65 Å². The Morgan fingerprint density at radius 3 is 2.86 bits per heavy atom. The minimum Gasteiger partial charge on any atom is -0.481 e. The van der Waals surface area contributed by atoms with Gasteiger partial charge in [0.2, 0.25) is 0 Å². The average Bonchev–Trinajstić information content (AvgIpc) is 2.88. The number of carboxylic acid groups (broad SMARTS) is 1. The molecule has 1 aliphatic rings. The highest BCUT2D eigenvalue weighted by atomic mass is 79.9. The quantitative estimate of drug-likeness (QED) is 0.873. The molecule has 8 heteroatoms. The summed E-state index contributed by atoms with van der Waals surface area (Å²) in [5.74, 6) is -1.44. The Balaban J connectivity index is 1.90. The van der Waals surface area contributed by atoms with E-state index in [1.54, 1.807) is 17.3 Å². The molecule has 2 aromatic heterocycles. The molecule has 3 rings (SSSR count). The summed E-state index contributed by atoms with van der Waals surface area (Å²) in [6, 6.07) is 0. The molecule has 1 amide bonds. The van der Waals surface area contributed by atoms with Gasteiger partial charge < -0.3 is 10.0 Å². The number of aromatic nitrogens is 3. The van der Waals surface area contributed by atoms with Crippen LogP contribution < -0.4 is 0 Å². The van der Waals surface area contributed by atoms with E-state index in [0.717, 1.165) is 4.47 Å². The predicted octanol–water partition coefficient (Wildman–Crippen LogP) is 1.67. The molecule has 1 N–H and O–H groups in total. The van der Waals surface area contributed by atoms with Crippen molar-refractivity contribution in [2.24, 2.45) is 11.8 Å². The lowest BCUT2D eigenvalue weighted by molar-refractivity contribution is -0.143. The van der Waals surface area contributed by atoms with Crippen molar-refractivity contribution >= 4 is 33.5 Å². The number of carboxylic acids is 1. The number of hydrogen-bond donors (Lipinski definition) is 1. The third-order valence-electron chi connectivity index (χ3n) is 3.85. The molecule has 0 spiro atoms. The van der Waals surface area contributed by atoms with E-state index < -0.39 is 11.9 Å². The number of likely N-dealkylation sites (tertiary alicyclic amines) is 1. The van der Waals surface area contributed by atoms with Crippen LogP contribution in [0.4, 0.5) is 0 Å². The number of carbonyl (C=O) groups excluding carboxylic acids is 1. The fourth-order valence-electron chi connectivity index (χ4n) is 2.87. The molecule has 0 bridgehead atoms. The molecule has 1 saturated heterocycles. The van der Waals surface area contributed by atoms with Gasteiger partial charge in [-0.3, -0.25) is 9.59 Å². The van der Waals surface area contributed by atoms with E-state index in [1.807, 2.05) is 6.92 Å². The lowest BCUT2D eigenvalue weighted by Crippen LogP contribution is -2.45. The highest BCUT2D eigenvalue weighted by Gasteiger charge is 2.33. The molecule has 2 atom stereocenters. The van der Waals surface area contributed by atoms with Crippen LogP contribution in [-0.2, 0) is 4.79 Å².